The molecule has 0 atom stereocenters. The number of halogens is 1. The van der Waals surface area contributed by atoms with Gasteiger partial charge in [0.2, 0.25) is 0 Å². The number of rotatable bonds is 5. The van der Waals surface area contributed by atoms with Crippen molar-refractivity contribution >= 4 is 27.5 Å². The smallest absolute Gasteiger partial charge is 0.255 e. The van der Waals surface area contributed by atoms with Crippen molar-refractivity contribution in [2.24, 2.45) is 0 Å². The zero-order valence-corrected chi connectivity index (χ0v) is 12.8. The summed E-state index contributed by atoms with van der Waals surface area (Å²) in [7, 11) is 0. The number of nitriles is 1. The fourth-order valence-corrected chi connectivity index (χ4v) is 2.07. The van der Waals surface area contributed by atoms with E-state index >= 15 is 0 Å². The van der Waals surface area contributed by atoms with Crippen LogP contribution in [-0.2, 0) is 5.33 Å². The number of carbonyl (C=O) groups is 1. The predicted molar refractivity (Wildman–Crippen MR) is 84.6 cm³/mol. The third-order valence-electron chi connectivity index (χ3n) is 2.79. The number of alkyl halides is 1. The molecule has 1 N–H and O–H groups in total. The maximum absolute atomic E-state index is 12.1. The molecular weight excluding hydrogens is 332 g/mol. The van der Waals surface area contributed by atoms with Crippen LogP contribution in [0.15, 0.2) is 48.5 Å². The number of carbonyl (C=O) groups excluding carboxylic acids is 1. The highest BCUT2D eigenvalue weighted by Crippen LogP contribution is 2.17. The average molecular weight is 345 g/mol. The Hall–Kier alpha value is -2.32. The Morgan fingerprint density at radius 3 is 2.38 bits per heavy atom. The van der Waals surface area contributed by atoms with Crippen molar-refractivity contribution in [3.8, 4) is 11.8 Å². The summed E-state index contributed by atoms with van der Waals surface area (Å²) < 4.78 is 5.15. The average Bonchev–Trinajstić information content (AvgIpc) is 2.54. The van der Waals surface area contributed by atoms with Crippen LogP contribution in [-0.4, -0.2) is 12.5 Å². The molecule has 0 radical (unpaired) electrons. The van der Waals surface area contributed by atoms with E-state index in [1.54, 1.807) is 36.4 Å². The van der Waals surface area contributed by atoms with E-state index in [0.29, 0.717) is 17.0 Å². The van der Waals surface area contributed by atoms with Crippen molar-refractivity contribution in [3.63, 3.8) is 0 Å². The van der Waals surface area contributed by atoms with Crippen LogP contribution in [0.2, 0.25) is 0 Å². The molecule has 0 aliphatic heterocycles. The van der Waals surface area contributed by atoms with Gasteiger partial charge in [0.15, 0.2) is 6.61 Å². The van der Waals surface area contributed by atoms with Gasteiger partial charge in [-0.3, -0.25) is 4.79 Å². The summed E-state index contributed by atoms with van der Waals surface area (Å²) >= 11 is 3.36. The summed E-state index contributed by atoms with van der Waals surface area (Å²) in [6.07, 6.45) is 0. The molecule has 0 spiro atoms. The molecule has 5 heteroatoms. The molecule has 106 valence electrons. The number of amides is 1. The van der Waals surface area contributed by atoms with Crippen LogP contribution in [0.1, 0.15) is 15.9 Å². The van der Waals surface area contributed by atoms with Crippen molar-refractivity contribution in [2.75, 3.05) is 11.9 Å². The molecular formula is C16H13BrN2O2. The minimum atomic E-state index is -0.165. The summed E-state index contributed by atoms with van der Waals surface area (Å²) in [4.78, 5) is 12.1. The molecule has 0 saturated heterocycles. The second kappa shape index (κ2) is 7.46. The number of nitrogens with one attached hydrogen (secondary N) is 1. The first-order valence-corrected chi connectivity index (χ1v) is 7.41. The van der Waals surface area contributed by atoms with Crippen LogP contribution in [0.3, 0.4) is 0 Å². The summed E-state index contributed by atoms with van der Waals surface area (Å²) in [6, 6.07) is 16.2. The van der Waals surface area contributed by atoms with Gasteiger partial charge in [0.25, 0.3) is 5.91 Å². The fraction of sp³-hybridized carbons (Fsp3) is 0.125. The molecule has 2 aromatic carbocycles. The summed E-state index contributed by atoms with van der Waals surface area (Å²) in [6.45, 7) is 0.00558. The van der Waals surface area contributed by atoms with E-state index < -0.39 is 0 Å². The highest BCUT2D eigenvalue weighted by atomic mass is 79.9. The molecule has 1 amide bonds. The normalized spacial score (nSPS) is 9.71. The second-order valence-electron chi connectivity index (χ2n) is 4.26. The van der Waals surface area contributed by atoms with Crippen LogP contribution >= 0.6 is 15.9 Å². The lowest BCUT2D eigenvalue weighted by Gasteiger charge is -2.07. The lowest BCUT2D eigenvalue weighted by molar-refractivity contribution is 0.102. The van der Waals surface area contributed by atoms with Crippen LogP contribution in [0.4, 0.5) is 5.69 Å². The van der Waals surface area contributed by atoms with Gasteiger partial charge in [-0.1, -0.05) is 28.1 Å². The topological polar surface area (TPSA) is 62.1 Å². The lowest BCUT2D eigenvalue weighted by atomic mass is 10.1. The van der Waals surface area contributed by atoms with Gasteiger partial charge in [-0.2, -0.15) is 5.26 Å². The molecule has 0 unspecified atom stereocenters. The molecule has 0 aliphatic carbocycles. The maximum Gasteiger partial charge on any atom is 0.255 e. The summed E-state index contributed by atoms with van der Waals surface area (Å²) in [5.74, 6) is 0.429. The number of hydrogen-bond donors (Lipinski definition) is 1. The number of hydrogen-bond acceptors (Lipinski definition) is 3. The minimum Gasteiger partial charge on any atom is -0.479 e. The summed E-state index contributed by atoms with van der Waals surface area (Å²) in [5, 5.41) is 12.0. The zero-order chi connectivity index (χ0) is 15.1. The highest BCUT2D eigenvalue weighted by molar-refractivity contribution is 9.08. The van der Waals surface area contributed by atoms with Crippen molar-refractivity contribution in [3.05, 3.63) is 59.7 Å². The largest absolute Gasteiger partial charge is 0.479 e. The third-order valence-corrected chi connectivity index (χ3v) is 3.43. The van der Waals surface area contributed by atoms with Crippen LogP contribution < -0.4 is 10.1 Å². The van der Waals surface area contributed by atoms with E-state index in [1.807, 2.05) is 18.2 Å². The van der Waals surface area contributed by atoms with E-state index in [2.05, 4.69) is 21.2 Å². The molecule has 2 aromatic rings. The first-order chi connectivity index (χ1) is 10.2. The van der Waals surface area contributed by atoms with Crippen molar-refractivity contribution in [1.29, 1.82) is 5.26 Å². The SMILES string of the molecule is N#CCOc1ccc(NC(=O)c2ccc(CBr)cc2)cc1. The van der Waals surface area contributed by atoms with E-state index in [1.165, 1.54) is 0 Å². The summed E-state index contributed by atoms with van der Waals surface area (Å²) in [5.41, 5.74) is 2.39. The molecule has 0 saturated carbocycles. The highest BCUT2D eigenvalue weighted by Gasteiger charge is 2.06. The van der Waals surface area contributed by atoms with Crippen LogP contribution in [0, 0.1) is 11.3 Å². The van der Waals surface area contributed by atoms with Crippen molar-refractivity contribution in [1.82, 2.24) is 0 Å². The molecule has 21 heavy (non-hydrogen) atoms. The Morgan fingerprint density at radius 2 is 1.81 bits per heavy atom. The van der Waals surface area contributed by atoms with Gasteiger partial charge in [-0.25, -0.2) is 0 Å². The molecule has 0 fully saturated rings. The predicted octanol–water partition coefficient (Wildman–Crippen LogP) is 3.74. The zero-order valence-electron chi connectivity index (χ0n) is 11.2. The van der Waals surface area contributed by atoms with Gasteiger partial charge in [0, 0.05) is 16.6 Å². The van der Waals surface area contributed by atoms with Gasteiger partial charge < -0.3 is 10.1 Å². The minimum absolute atomic E-state index is 0.00558. The Balaban J connectivity index is 2.00. The second-order valence-corrected chi connectivity index (χ2v) is 4.82. The first kappa shape index (κ1) is 15.1. The third kappa shape index (κ3) is 4.33. The maximum atomic E-state index is 12.1. The molecule has 0 bridgehead atoms. The molecule has 0 aliphatic rings. The Morgan fingerprint density at radius 1 is 1.14 bits per heavy atom. The van der Waals surface area contributed by atoms with E-state index in [-0.39, 0.29) is 12.5 Å². The van der Waals surface area contributed by atoms with Gasteiger partial charge in [-0.05, 0) is 42.0 Å². The standard InChI is InChI=1S/C16H13BrN2O2/c17-11-12-1-3-13(4-2-12)16(20)19-14-5-7-15(8-6-14)21-10-9-18/h1-8H,10-11H2,(H,19,20). The molecule has 0 heterocycles. The number of nitrogens with zero attached hydrogens (tertiary/aromatic N) is 1. The van der Waals surface area contributed by atoms with E-state index in [9.17, 15) is 4.79 Å². The van der Waals surface area contributed by atoms with Crippen LogP contribution in [0.25, 0.3) is 0 Å². The van der Waals surface area contributed by atoms with E-state index in [0.717, 1.165) is 10.9 Å². The Bertz CT molecular complexity index is 645. The Labute approximate surface area is 131 Å². The quantitative estimate of drug-likeness (QED) is 0.840. The molecule has 2 rings (SSSR count). The molecule has 4 nitrogen and oxygen atoms in total. The Kier molecular flexibility index (Phi) is 5.35. The number of benzene rings is 2. The lowest BCUT2D eigenvalue weighted by Crippen LogP contribution is -2.11. The van der Waals surface area contributed by atoms with Gasteiger partial charge >= 0.3 is 0 Å². The first-order valence-electron chi connectivity index (χ1n) is 6.29. The molecule has 0 aromatic heterocycles. The fourth-order valence-electron chi connectivity index (χ4n) is 1.70. The van der Waals surface area contributed by atoms with Crippen LogP contribution in [0.5, 0.6) is 5.75 Å². The number of ether oxygens (including phenoxy) is 1. The van der Waals surface area contributed by atoms with E-state index in [4.69, 9.17) is 10.00 Å². The van der Waals surface area contributed by atoms with Gasteiger partial charge in [0.05, 0.1) is 0 Å². The van der Waals surface area contributed by atoms with Gasteiger partial charge in [-0.15, -0.1) is 0 Å². The van der Waals surface area contributed by atoms with Crippen molar-refractivity contribution < 1.29 is 9.53 Å². The number of anilines is 1. The van der Waals surface area contributed by atoms with Crippen molar-refractivity contribution in [2.45, 2.75) is 5.33 Å². The van der Waals surface area contributed by atoms with Gasteiger partial charge in [0.1, 0.15) is 11.8 Å². The monoisotopic (exact) mass is 344 g/mol.